The molecule has 2 rings (SSSR count). The van der Waals surface area contributed by atoms with E-state index in [-0.39, 0.29) is 0 Å². The SMILES string of the molecule is CNc1cc(OCCN(C)C2CC2)nc(C)n1. The van der Waals surface area contributed by atoms with E-state index in [1.54, 1.807) is 0 Å². The fourth-order valence-electron chi connectivity index (χ4n) is 1.73. The van der Waals surface area contributed by atoms with Crippen LogP contribution < -0.4 is 10.1 Å². The number of ether oxygens (including phenoxy) is 1. The molecule has 17 heavy (non-hydrogen) atoms. The molecule has 0 bridgehead atoms. The Morgan fingerprint density at radius 3 is 2.88 bits per heavy atom. The van der Waals surface area contributed by atoms with Crippen molar-refractivity contribution in [2.75, 3.05) is 32.6 Å². The van der Waals surface area contributed by atoms with Crippen LogP contribution in [0, 0.1) is 6.92 Å². The van der Waals surface area contributed by atoms with E-state index in [1.807, 2.05) is 20.0 Å². The van der Waals surface area contributed by atoms with Crippen molar-refractivity contribution >= 4 is 5.82 Å². The normalized spacial score (nSPS) is 15.1. The highest BCUT2D eigenvalue weighted by atomic mass is 16.5. The highest BCUT2D eigenvalue weighted by molar-refractivity contribution is 5.37. The van der Waals surface area contributed by atoms with Gasteiger partial charge in [0, 0.05) is 25.7 Å². The second-order valence-corrected chi connectivity index (χ2v) is 4.45. The first-order valence-electron chi connectivity index (χ1n) is 6.05. The summed E-state index contributed by atoms with van der Waals surface area (Å²) in [4.78, 5) is 10.8. The molecular formula is C12H20N4O. The first-order chi connectivity index (χ1) is 8.19. The second kappa shape index (κ2) is 5.31. The molecule has 5 heteroatoms. The number of nitrogens with one attached hydrogen (secondary N) is 1. The van der Waals surface area contributed by atoms with Crippen molar-refractivity contribution in [3.8, 4) is 5.88 Å². The number of anilines is 1. The van der Waals surface area contributed by atoms with Crippen LogP contribution in [0.4, 0.5) is 5.82 Å². The summed E-state index contributed by atoms with van der Waals surface area (Å²) in [5, 5.41) is 2.99. The highest BCUT2D eigenvalue weighted by Gasteiger charge is 2.25. The van der Waals surface area contributed by atoms with Crippen molar-refractivity contribution in [1.29, 1.82) is 0 Å². The molecule has 0 amide bonds. The molecule has 0 unspecified atom stereocenters. The van der Waals surface area contributed by atoms with E-state index in [0.717, 1.165) is 24.2 Å². The van der Waals surface area contributed by atoms with Crippen LogP contribution in [-0.2, 0) is 0 Å². The maximum absolute atomic E-state index is 5.65. The van der Waals surface area contributed by atoms with Gasteiger partial charge >= 0.3 is 0 Å². The van der Waals surface area contributed by atoms with Crippen LogP contribution in [-0.4, -0.2) is 48.2 Å². The number of hydrogen-bond acceptors (Lipinski definition) is 5. The summed E-state index contributed by atoms with van der Waals surface area (Å²) in [6.07, 6.45) is 2.65. The number of nitrogens with zero attached hydrogens (tertiary/aromatic N) is 3. The first-order valence-corrected chi connectivity index (χ1v) is 6.05. The molecule has 0 atom stereocenters. The third kappa shape index (κ3) is 3.56. The number of aryl methyl sites for hydroxylation is 1. The highest BCUT2D eigenvalue weighted by Crippen LogP contribution is 2.24. The Kier molecular flexibility index (Phi) is 3.78. The fraction of sp³-hybridized carbons (Fsp3) is 0.667. The lowest BCUT2D eigenvalue weighted by Crippen LogP contribution is -2.26. The Hall–Kier alpha value is -1.36. The van der Waals surface area contributed by atoms with Crippen LogP contribution in [0.15, 0.2) is 6.07 Å². The Bertz CT molecular complexity index is 379. The van der Waals surface area contributed by atoms with Gasteiger partial charge in [-0.15, -0.1) is 0 Å². The molecule has 1 fully saturated rings. The Labute approximate surface area is 102 Å². The maximum atomic E-state index is 5.65. The molecule has 1 aliphatic carbocycles. The van der Waals surface area contributed by atoms with Crippen LogP contribution in [0.25, 0.3) is 0 Å². The largest absolute Gasteiger partial charge is 0.476 e. The van der Waals surface area contributed by atoms with E-state index in [0.29, 0.717) is 12.5 Å². The molecule has 0 spiro atoms. The summed E-state index contributed by atoms with van der Waals surface area (Å²) in [6, 6.07) is 2.60. The van der Waals surface area contributed by atoms with Gasteiger partial charge in [0.25, 0.3) is 0 Å². The average molecular weight is 236 g/mol. The topological polar surface area (TPSA) is 50.3 Å². The summed E-state index contributed by atoms with van der Waals surface area (Å²) < 4.78 is 5.65. The third-order valence-electron chi connectivity index (χ3n) is 2.93. The zero-order valence-electron chi connectivity index (χ0n) is 10.7. The van der Waals surface area contributed by atoms with Crippen molar-refractivity contribution in [3.05, 3.63) is 11.9 Å². The number of rotatable bonds is 6. The van der Waals surface area contributed by atoms with Gasteiger partial charge in [-0.25, -0.2) is 4.98 Å². The fourth-order valence-corrected chi connectivity index (χ4v) is 1.73. The number of hydrogen-bond donors (Lipinski definition) is 1. The summed E-state index contributed by atoms with van der Waals surface area (Å²) in [7, 11) is 3.98. The van der Waals surface area contributed by atoms with Gasteiger partial charge < -0.3 is 15.0 Å². The predicted octanol–water partition coefficient (Wildman–Crippen LogP) is 1.30. The summed E-state index contributed by atoms with van der Waals surface area (Å²) in [5.74, 6) is 2.16. The standard InChI is InChI=1S/C12H20N4O/c1-9-14-11(13-2)8-12(15-9)17-7-6-16(3)10-4-5-10/h8,10H,4-7H2,1-3H3,(H,13,14,15). The molecule has 1 heterocycles. The van der Waals surface area contributed by atoms with E-state index in [9.17, 15) is 0 Å². The first kappa shape index (κ1) is 12.1. The van der Waals surface area contributed by atoms with Crippen molar-refractivity contribution in [1.82, 2.24) is 14.9 Å². The van der Waals surface area contributed by atoms with Crippen LogP contribution in [0.5, 0.6) is 5.88 Å². The molecule has 0 saturated heterocycles. The third-order valence-corrected chi connectivity index (χ3v) is 2.93. The molecule has 0 aliphatic heterocycles. The summed E-state index contributed by atoms with van der Waals surface area (Å²) in [5.41, 5.74) is 0. The Morgan fingerprint density at radius 2 is 2.24 bits per heavy atom. The smallest absolute Gasteiger partial charge is 0.218 e. The van der Waals surface area contributed by atoms with Crippen LogP contribution >= 0.6 is 0 Å². The van der Waals surface area contributed by atoms with E-state index >= 15 is 0 Å². The molecule has 1 aliphatic rings. The lowest BCUT2D eigenvalue weighted by Gasteiger charge is -2.15. The molecule has 94 valence electrons. The zero-order valence-corrected chi connectivity index (χ0v) is 10.7. The van der Waals surface area contributed by atoms with Crippen molar-refractivity contribution in [3.63, 3.8) is 0 Å². The Balaban J connectivity index is 1.83. The van der Waals surface area contributed by atoms with Gasteiger partial charge in [0.2, 0.25) is 5.88 Å². The molecule has 0 aromatic carbocycles. The summed E-state index contributed by atoms with van der Waals surface area (Å²) >= 11 is 0. The van der Waals surface area contributed by atoms with Crippen molar-refractivity contribution < 1.29 is 4.74 Å². The molecule has 1 aromatic rings. The zero-order chi connectivity index (χ0) is 12.3. The van der Waals surface area contributed by atoms with Gasteiger partial charge in [0.1, 0.15) is 18.2 Å². The predicted molar refractivity (Wildman–Crippen MR) is 67.5 cm³/mol. The average Bonchev–Trinajstić information content (AvgIpc) is 3.12. The van der Waals surface area contributed by atoms with Crippen molar-refractivity contribution in [2.24, 2.45) is 0 Å². The van der Waals surface area contributed by atoms with E-state index < -0.39 is 0 Å². The van der Waals surface area contributed by atoms with Gasteiger partial charge in [-0.05, 0) is 26.8 Å². The van der Waals surface area contributed by atoms with Crippen LogP contribution in [0.3, 0.4) is 0 Å². The number of aromatic nitrogens is 2. The van der Waals surface area contributed by atoms with Crippen LogP contribution in [0.2, 0.25) is 0 Å². The molecule has 1 N–H and O–H groups in total. The molecule has 5 nitrogen and oxygen atoms in total. The molecule has 1 saturated carbocycles. The minimum absolute atomic E-state index is 0.644. The second-order valence-electron chi connectivity index (χ2n) is 4.45. The van der Waals surface area contributed by atoms with E-state index in [1.165, 1.54) is 12.8 Å². The molecular weight excluding hydrogens is 216 g/mol. The minimum atomic E-state index is 0.644. The molecule has 0 radical (unpaired) electrons. The van der Waals surface area contributed by atoms with Gasteiger partial charge in [-0.1, -0.05) is 0 Å². The Morgan fingerprint density at radius 1 is 1.47 bits per heavy atom. The summed E-state index contributed by atoms with van der Waals surface area (Å²) in [6.45, 7) is 3.49. The quantitative estimate of drug-likeness (QED) is 0.807. The maximum Gasteiger partial charge on any atom is 0.218 e. The lowest BCUT2D eigenvalue weighted by molar-refractivity contribution is 0.226. The monoisotopic (exact) mass is 236 g/mol. The minimum Gasteiger partial charge on any atom is -0.476 e. The van der Waals surface area contributed by atoms with Gasteiger partial charge in [-0.3, -0.25) is 0 Å². The lowest BCUT2D eigenvalue weighted by atomic mass is 10.5. The van der Waals surface area contributed by atoms with Gasteiger partial charge in [-0.2, -0.15) is 4.98 Å². The van der Waals surface area contributed by atoms with Crippen molar-refractivity contribution in [2.45, 2.75) is 25.8 Å². The van der Waals surface area contributed by atoms with Crippen LogP contribution in [0.1, 0.15) is 18.7 Å². The number of likely N-dealkylation sites (N-methyl/N-ethyl adjacent to an activating group) is 1. The molecule has 1 aromatic heterocycles. The van der Waals surface area contributed by atoms with E-state index in [4.69, 9.17) is 4.74 Å². The van der Waals surface area contributed by atoms with E-state index in [2.05, 4.69) is 27.2 Å². The van der Waals surface area contributed by atoms with Gasteiger partial charge in [0.15, 0.2) is 0 Å². The van der Waals surface area contributed by atoms with Gasteiger partial charge in [0.05, 0.1) is 0 Å².